The van der Waals surface area contributed by atoms with Gasteiger partial charge in [0.25, 0.3) is 5.69 Å². The Morgan fingerprint density at radius 3 is 3.00 bits per heavy atom. The minimum Gasteiger partial charge on any atom is -0.481 e. The van der Waals surface area contributed by atoms with E-state index in [1.807, 2.05) is 0 Å². The summed E-state index contributed by atoms with van der Waals surface area (Å²) >= 11 is 0. The molecule has 0 bridgehead atoms. The Bertz CT molecular complexity index is 354. The van der Waals surface area contributed by atoms with Crippen LogP contribution < -0.4 is 4.74 Å². The van der Waals surface area contributed by atoms with Crippen LogP contribution in [0.2, 0.25) is 0 Å². The quantitative estimate of drug-likeness (QED) is 0.400. The molecular weight excluding hydrogens is 170 g/mol. The zero-order valence-corrected chi connectivity index (χ0v) is 6.77. The number of rotatable bonds is 3. The first-order valence-electron chi connectivity index (χ1n) is 3.55. The first-order chi connectivity index (χ1) is 6.24. The van der Waals surface area contributed by atoms with Crippen LogP contribution in [0, 0.1) is 22.5 Å². The summed E-state index contributed by atoms with van der Waals surface area (Å²) in [5, 5.41) is 10.3. The lowest BCUT2D eigenvalue weighted by Crippen LogP contribution is -1.94. The molecule has 0 spiro atoms. The number of nitro benzene ring substituents is 1. The van der Waals surface area contributed by atoms with E-state index < -0.39 is 4.92 Å². The Morgan fingerprint density at radius 2 is 2.38 bits per heavy atom. The number of nitro groups is 1. The predicted molar refractivity (Wildman–Crippen MR) is 47.4 cm³/mol. The van der Waals surface area contributed by atoms with Gasteiger partial charge in [0, 0.05) is 6.07 Å². The lowest BCUT2D eigenvalue weighted by Gasteiger charge is -2.00. The third-order valence-corrected chi connectivity index (χ3v) is 1.35. The van der Waals surface area contributed by atoms with Crippen molar-refractivity contribution >= 4 is 5.69 Å². The lowest BCUT2D eigenvalue weighted by atomic mass is 10.3. The highest BCUT2D eigenvalue weighted by atomic mass is 16.6. The van der Waals surface area contributed by atoms with Crippen LogP contribution in [0.4, 0.5) is 5.69 Å². The molecule has 0 saturated heterocycles. The average molecular weight is 177 g/mol. The highest BCUT2D eigenvalue weighted by molar-refractivity contribution is 5.38. The third kappa shape index (κ3) is 2.49. The summed E-state index contributed by atoms with van der Waals surface area (Å²) in [6, 6.07) is 5.88. The molecule has 1 aromatic rings. The second-order valence-corrected chi connectivity index (χ2v) is 2.25. The standard InChI is InChI=1S/C9H7NO3/c1-2-6-13-9-5-3-4-8(7-9)10(11)12/h1,3-5,7H,6H2. The van der Waals surface area contributed by atoms with Crippen molar-refractivity contribution in [3.8, 4) is 18.1 Å². The smallest absolute Gasteiger partial charge is 0.273 e. The first-order valence-corrected chi connectivity index (χ1v) is 3.55. The van der Waals surface area contributed by atoms with Crippen LogP contribution in [0.5, 0.6) is 5.75 Å². The van der Waals surface area contributed by atoms with Gasteiger partial charge in [0.15, 0.2) is 0 Å². The molecule has 66 valence electrons. The number of non-ortho nitro benzene ring substituents is 1. The van der Waals surface area contributed by atoms with Crippen LogP contribution >= 0.6 is 0 Å². The van der Waals surface area contributed by atoms with E-state index in [1.54, 1.807) is 12.1 Å². The summed E-state index contributed by atoms with van der Waals surface area (Å²) in [7, 11) is 0. The molecular formula is C9H7NO3. The molecule has 0 saturated carbocycles. The fraction of sp³-hybridized carbons (Fsp3) is 0.111. The van der Waals surface area contributed by atoms with Crippen LogP contribution in [0.1, 0.15) is 0 Å². The maximum absolute atomic E-state index is 10.3. The second kappa shape index (κ2) is 4.12. The van der Waals surface area contributed by atoms with Crippen LogP contribution in [0.3, 0.4) is 0 Å². The number of nitrogens with zero attached hydrogens (tertiary/aromatic N) is 1. The maximum Gasteiger partial charge on any atom is 0.273 e. The highest BCUT2D eigenvalue weighted by Gasteiger charge is 2.05. The average Bonchev–Trinajstić information content (AvgIpc) is 2.15. The van der Waals surface area contributed by atoms with Crippen molar-refractivity contribution < 1.29 is 9.66 Å². The summed E-state index contributed by atoms with van der Waals surface area (Å²) in [6.07, 6.45) is 4.97. The molecule has 1 rings (SSSR count). The SMILES string of the molecule is C#CCOc1cccc([N+](=O)[O-])c1. The Hall–Kier alpha value is -2.02. The number of benzene rings is 1. The van der Waals surface area contributed by atoms with Gasteiger partial charge in [0.2, 0.25) is 0 Å². The summed E-state index contributed by atoms with van der Waals surface area (Å²) in [4.78, 5) is 9.85. The molecule has 13 heavy (non-hydrogen) atoms. The summed E-state index contributed by atoms with van der Waals surface area (Å²) in [5.41, 5.74) is -0.00507. The minimum atomic E-state index is -0.483. The Labute approximate surface area is 75.3 Å². The molecule has 4 heteroatoms. The van der Waals surface area contributed by atoms with Crippen molar-refractivity contribution in [3.63, 3.8) is 0 Å². The van der Waals surface area contributed by atoms with Crippen molar-refractivity contribution in [2.75, 3.05) is 6.61 Å². The van der Waals surface area contributed by atoms with Gasteiger partial charge >= 0.3 is 0 Å². The van der Waals surface area contributed by atoms with Crippen molar-refractivity contribution in [3.05, 3.63) is 34.4 Å². The molecule has 0 radical (unpaired) electrons. The molecule has 0 N–H and O–H groups in total. The minimum absolute atomic E-state index is 0.00507. The van der Waals surface area contributed by atoms with Crippen molar-refractivity contribution in [1.82, 2.24) is 0 Å². The molecule has 0 heterocycles. The largest absolute Gasteiger partial charge is 0.481 e. The lowest BCUT2D eigenvalue weighted by molar-refractivity contribution is -0.384. The number of hydrogen-bond donors (Lipinski definition) is 0. The molecule has 1 aromatic carbocycles. The highest BCUT2D eigenvalue weighted by Crippen LogP contribution is 2.18. The van der Waals surface area contributed by atoms with Gasteiger partial charge in [-0.25, -0.2) is 0 Å². The zero-order chi connectivity index (χ0) is 9.68. The zero-order valence-electron chi connectivity index (χ0n) is 6.77. The van der Waals surface area contributed by atoms with Gasteiger partial charge < -0.3 is 4.74 Å². The summed E-state index contributed by atoms with van der Waals surface area (Å²) in [6.45, 7) is 0.112. The van der Waals surface area contributed by atoms with Crippen molar-refractivity contribution in [2.45, 2.75) is 0 Å². The van der Waals surface area contributed by atoms with E-state index in [1.165, 1.54) is 12.1 Å². The van der Waals surface area contributed by atoms with Crippen LogP contribution in [-0.2, 0) is 0 Å². The molecule has 0 atom stereocenters. The van der Waals surface area contributed by atoms with Gasteiger partial charge in [0.05, 0.1) is 11.0 Å². The van der Waals surface area contributed by atoms with E-state index in [0.29, 0.717) is 5.75 Å². The summed E-state index contributed by atoms with van der Waals surface area (Å²) < 4.78 is 5.01. The topological polar surface area (TPSA) is 52.4 Å². The van der Waals surface area contributed by atoms with Gasteiger partial charge in [0.1, 0.15) is 12.4 Å². The van der Waals surface area contributed by atoms with E-state index in [2.05, 4.69) is 5.92 Å². The molecule has 0 aliphatic rings. The predicted octanol–water partition coefficient (Wildman–Crippen LogP) is 1.61. The molecule has 0 fully saturated rings. The van der Waals surface area contributed by atoms with Crippen LogP contribution in [-0.4, -0.2) is 11.5 Å². The van der Waals surface area contributed by atoms with E-state index in [0.717, 1.165) is 0 Å². The monoisotopic (exact) mass is 177 g/mol. The van der Waals surface area contributed by atoms with Crippen LogP contribution in [0.15, 0.2) is 24.3 Å². The number of terminal acetylenes is 1. The third-order valence-electron chi connectivity index (χ3n) is 1.35. The maximum atomic E-state index is 10.3. The fourth-order valence-corrected chi connectivity index (χ4v) is 0.812. The van der Waals surface area contributed by atoms with Crippen LogP contribution in [0.25, 0.3) is 0 Å². The van der Waals surface area contributed by atoms with Gasteiger partial charge in [-0.3, -0.25) is 10.1 Å². The first kappa shape index (κ1) is 9.07. The number of ether oxygens (including phenoxy) is 1. The van der Waals surface area contributed by atoms with E-state index in [9.17, 15) is 10.1 Å². The van der Waals surface area contributed by atoms with Crippen molar-refractivity contribution in [1.29, 1.82) is 0 Å². The molecule has 0 unspecified atom stereocenters. The van der Waals surface area contributed by atoms with E-state index in [4.69, 9.17) is 11.2 Å². The molecule has 0 aliphatic carbocycles. The van der Waals surface area contributed by atoms with Gasteiger partial charge in [-0.05, 0) is 6.07 Å². The Balaban J connectivity index is 2.80. The normalized spacial score (nSPS) is 8.85. The number of hydrogen-bond acceptors (Lipinski definition) is 3. The summed E-state index contributed by atoms with van der Waals surface area (Å²) in [5.74, 6) is 2.68. The molecule has 4 nitrogen and oxygen atoms in total. The Morgan fingerprint density at radius 1 is 1.62 bits per heavy atom. The molecule has 0 aromatic heterocycles. The van der Waals surface area contributed by atoms with Gasteiger partial charge in [-0.1, -0.05) is 12.0 Å². The Kier molecular flexibility index (Phi) is 2.87. The van der Waals surface area contributed by atoms with Gasteiger partial charge in [-0.15, -0.1) is 6.42 Å². The molecule has 0 amide bonds. The second-order valence-electron chi connectivity index (χ2n) is 2.25. The molecule has 0 aliphatic heterocycles. The van der Waals surface area contributed by atoms with E-state index in [-0.39, 0.29) is 12.3 Å². The van der Waals surface area contributed by atoms with E-state index >= 15 is 0 Å². The van der Waals surface area contributed by atoms with Crippen molar-refractivity contribution in [2.24, 2.45) is 0 Å². The fourth-order valence-electron chi connectivity index (χ4n) is 0.812. The van der Waals surface area contributed by atoms with Gasteiger partial charge in [-0.2, -0.15) is 0 Å².